The number of likely N-dealkylation sites (N-methyl/N-ethyl adjacent to an activating group) is 1. The zero-order valence-corrected chi connectivity index (χ0v) is 58.8. The number of nitrogens with zero attached hydrogens (tertiary/aromatic N) is 1. The minimum absolute atomic E-state index is 0.0297. The summed E-state index contributed by atoms with van der Waals surface area (Å²) in [5.41, 5.74) is 0. The smallest absolute Gasteiger partial charge is 0.462 e. The lowest BCUT2D eigenvalue weighted by atomic mass is 10.0. The SMILES string of the molecule is CC/C=C\C/C=C\C/C=C\C/C=C\C/C=C\C/C=C\C/C=C\CCCCCCCCCCCCCCCCCCCC(=O)OC(COC(=O)CCCCCCCCCCCCCCC/C=C\C/C=C\CCCCCCC)COP(=O)(O)OCC[N+](C)(C)C. The van der Waals surface area contributed by atoms with Crippen LogP contribution in [0.4, 0.5) is 0 Å². The molecule has 10 heteroatoms. The maximum absolute atomic E-state index is 12.9. The van der Waals surface area contributed by atoms with E-state index in [0.29, 0.717) is 17.4 Å². The molecule has 0 spiro atoms. The fourth-order valence-electron chi connectivity index (χ4n) is 10.2. The predicted molar refractivity (Wildman–Crippen MR) is 381 cm³/mol. The normalized spacial score (nSPS) is 13.8. The lowest BCUT2D eigenvalue weighted by Crippen LogP contribution is -2.37. The minimum atomic E-state index is -4.40. The van der Waals surface area contributed by atoms with Gasteiger partial charge >= 0.3 is 19.8 Å². The molecule has 0 fully saturated rings. The van der Waals surface area contributed by atoms with E-state index in [1.54, 1.807) is 0 Å². The van der Waals surface area contributed by atoms with Crippen molar-refractivity contribution in [2.24, 2.45) is 0 Å². The molecule has 0 saturated carbocycles. The first-order valence-corrected chi connectivity index (χ1v) is 38.1. The van der Waals surface area contributed by atoms with E-state index in [2.05, 4.69) is 123 Å². The molecule has 1 N–H and O–H groups in total. The van der Waals surface area contributed by atoms with Crippen LogP contribution in [-0.4, -0.2) is 74.9 Å². The van der Waals surface area contributed by atoms with Crippen molar-refractivity contribution in [2.75, 3.05) is 47.5 Å². The fraction of sp³-hybridized carbons (Fsp3) is 0.744. The number of carbonyl (C=O) groups is 2. The third kappa shape index (κ3) is 71.7. The van der Waals surface area contributed by atoms with E-state index in [4.69, 9.17) is 18.5 Å². The molecule has 88 heavy (non-hydrogen) atoms. The number of carbonyl (C=O) groups excluding carboxylic acids is 2. The summed E-state index contributed by atoms with van der Waals surface area (Å²) in [6.45, 7) is 4.34. The molecule has 0 bridgehead atoms. The first-order valence-electron chi connectivity index (χ1n) is 36.6. The molecule has 0 radical (unpaired) electrons. The Hall–Kier alpha value is -3.33. The Bertz CT molecular complexity index is 1850. The van der Waals surface area contributed by atoms with Crippen molar-refractivity contribution in [3.05, 3.63) is 109 Å². The van der Waals surface area contributed by atoms with E-state index in [0.717, 1.165) is 83.5 Å². The van der Waals surface area contributed by atoms with Crippen molar-refractivity contribution in [2.45, 2.75) is 328 Å². The lowest BCUT2D eigenvalue weighted by molar-refractivity contribution is -0.870. The first kappa shape index (κ1) is 84.7. The topological polar surface area (TPSA) is 108 Å². The standard InChI is InChI=1S/C78H138NO8P/c1-6-8-10-12-14-16-18-20-22-24-26-28-30-32-33-34-35-36-37-38-39-40-41-42-43-44-45-47-49-51-53-55-57-59-61-63-65-67-69-71-78(81)87-76(75-86-88(82,83)85-73-72-79(3,4)5)74-84-77(80)70-68-66-64-62-60-58-56-54-52-50-48-46-31-29-27-25-23-21-19-17-15-13-11-9-7-2/h8,10,14,16,19-22,25-28,32-33,35-36,38-39,76H,6-7,9,11-13,15,17-18,23-24,29-31,34,37,40-75H2,1-5H3/p+1/b10-8-,16-14-,21-19-,22-20-,27-25-,28-26-,33-32-,36-35-,39-38-. The summed E-state index contributed by atoms with van der Waals surface area (Å²) < 4.78 is 34.8. The predicted octanol–water partition coefficient (Wildman–Crippen LogP) is 24.1. The molecule has 2 unspecified atom stereocenters. The van der Waals surface area contributed by atoms with Gasteiger partial charge in [-0.15, -0.1) is 0 Å². The van der Waals surface area contributed by atoms with Crippen LogP contribution in [0.15, 0.2) is 109 Å². The summed E-state index contributed by atoms with van der Waals surface area (Å²) in [7, 11) is 1.48. The number of rotatable bonds is 67. The molecule has 508 valence electrons. The quantitative estimate of drug-likeness (QED) is 0.0211. The number of unbranched alkanes of at least 4 members (excludes halogenated alkanes) is 35. The van der Waals surface area contributed by atoms with Crippen LogP contribution in [0.3, 0.4) is 0 Å². The van der Waals surface area contributed by atoms with Crippen LogP contribution in [0.1, 0.15) is 322 Å². The van der Waals surface area contributed by atoms with Gasteiger partial charge in [0.15, 0.2) is 6.10 Å². The Balaban J connectivity index is 4.00. The maximum Gasteiger partial charge on any atom is 0.472 e. The van der Waals surface area contributed by atoms with Gasteiger partial charge in [0.25, 0.3) is 0 Å². The highest BCUT2D eigenvalue weighted by Gasteiger charge is 2.27. The van der Waals surface area contributed by atoms with Crippen LogP contribution in [0.25, 0.3) is 0 Å². The van der Waals surface area contributed by atoms with E-state index in [9.17, 15) is 19.0 Å². The molecule has 9 nitrogen and oxygen atoms in total. The van der Waals surface area contributed by atoms with Gasteiger partial charge < -0.3 is 18.9 Å². The zero-order valence-electron chi connectivity index (χ0n) is 57.9. The van der Waals surface area contributed by atoms with Crippen molar-refractivity contribution in [3.63, 3.8) is 0 Å². The van der Waals surface area contributed by atoms with Crippen LogP contribution in [0, 0.1) is 0 Å². The van der Waals surface area contributed by atoms with Crippen molar-refractivity contribution < 1.29 is 42.1 Å². The molecule has 0 aliphatic heterocycles. The van der Waals surface area contributed by atoms with E-state index < -0.39 is 26.5 Å². The average Bonchev–Trinajstić information content (AvgIpc) is 3.68. The van der Waals surface area contributed by atoms with Gasteiger partial charge in [0, 0.05) is 12.8 Å². The van der Waals surface area contributed by atoms with Gasteiger partial charge in [-0.25, -0.2) is 4.57 Å². The second kappa shape index (κ2) is 68.0. The summed E-state index contributed by atoms with van der Waals surface area (Å²) in [4.78, 5) is 35.9. The van der Waals surface area contributed by atoms with E-state index in [1.807, 2.05) is 21.1 Å². The summed E-state index contributed by atoms with van der Waals surface area (Å²) >= 11 is 0. The average molecular weight is 1250 g/mol. The Morgan fingerprint density at radius 1 is 0.364 bits per heavy atom. The number of ether oxygens (including phenoxy) is 2. The number of hydrogen-bond donors (Lipinski definition) is 1. The van der Waals surface area contributed by atoms with E-state index >= 15 is 0 Å². The van der Waals surface area contributed by atoms with Gasteiger partial charge in [-0.3, -0.25) is 18.6 Å². The molecule has 2 atom stereocenters. The Labute approximate surface area is 544 Å². The molecule has 0 heterocycles. The van der Waals surface area contributed by atoms with Crippen molar-refractivity contribution in [3.8, 4) is 0 Å². The molecule has 0 aromatic carbocycles. The van der Waals surface area contributed by atoms with Crippen LogP contribution in [0.2, 0.25) is 0 Å². The molecule has 0 amide bonds. The molecule has 0 aromatic rings. The number of allylic oxidation sites excluding steroid dienone is 18. The van der Waals surface area contributed by atoms with Crippen LogP contribution in [-0.2, 0) is 32.7 Å². The van der Waals surface area contributed by atoms with Crippen LogP contribution < -0.4 is 0 Å². The summed E-state index contributed by atoms with van der Waals surface area (Å²) in [5.74, 6) is -0.789. The summed E-state index contributed by atoms with van der Waals surface area (Å²) in [6, 6.07) is 0. The Morgan fingerprint density at radius 2 is 0.648 bits per heavy atom. The lowest BCUT2D eigenvalue weighted by Gasteiger charge is -2.24. The monoisotopic (exact) mass is 1250 g/mol. The van der Waals surface area contributed by atoms with E-state index in [1.165, 1.54) is 205 Å². The number of esters is 2. The van der Waals surface area contributed by atoms with Crippen molar-refractivity contribution in [1.29, 1.82) is 0 Å². The summed E-state index contributed by atoms with van der Waals surface area (Å²) in [5, 5.41) is 0. The third-order valence-corrected chi connectivity index (χ3v) is 16.8. The molecule has 0 aliphatic rings. The molecule has 0 aliphatic carbocycles. The second-order valence-electron chi connectivity index (χ2n) is 25.6. The number of phosphoric acid groups is 1. The molecule has 0 saturated heterocycles. The zero-order chi connectivity index (χ0) is 64.1. The second-order valence-corrected chi connectivity index (χ2v) is 27.0. The molecular weight excluding hydrogens is 1110 g/mol. The maximum atomic E-state index is 12.9. The van der Waals surface area contributed by atoms with Crippen LogP contribution >= 0.6 is 7.82 Å². The molecule has 0 aromatic heterocycles. The van der Waals surface area contributed by atoms with Crippen molar-refractivity contribution >= 4 is 19.8 Å². The van der Waals surface area contributed by atoms with Gasteiger partial charge in [-0.2, -0.15) is 0 Å². The van der Waals surface area contributed by atoms with E-state index in [-0.39, 0.29) is 32.0 Å². The Morgan fingerprint density at radius 3 is 0.966 bits per heavy atom. The summed E-state index contributed by atoms with van der Waals surface area (Å²) in [6.07, 6.45) is 96.3. The number of hydrogen-bond acceptors (Lipinski definition) is 7. The molecular formula is C78H139NO8P+. The first-order chi connectivity index (χ1) is 43.0. The highest BCUT2D eigenvalue weighted by Crippen LogP contribution is 2.43. The minimum Gasteiger partial charge on any atom is -0.462 e. The third-order valence-electron chi connectivity index (χ3n) is 15.8. The molecule has 0 rings (SSSR count). The van der Waals surface area contributed by atoms with Crippen molar-refractivity contribution in [1.82, 2.24) is 0 Å². The van der Waals surface area contributed by atoms with Gasteiger partial charge in [0.1, 0.15) is 19.8 Å². The van der Waals surface area contributed by atoms with Gasteiger partial charge in [-0.05, 0) is 103 Å². The highest BCUT2D eigenvalue weighted by molar-refractivity contribution is 7.47. The van der Waals surface area contributed by atoms with Gasteiger partial charge in [0.2, 0.25) is 0 Å². The van der Waals surface area contributed by atoms with Crippen LogP contribution in [0.5, 0.6) is 0 Å². The van der Waals surface area contributed by atoms with Gasteiger partial charge in [-0.1, -0.05) is 316 Å². The number of quaternary nitrogens is 1. The Kier molecular flexibility index (Phi) is 65.5. The largest absolute Gasteiger partial charge is 0.472 e. The number of phosphoric ester groups is 1. The van der Waals surface area contributed by atoms with Gasteiger partial charge in [0.05, 0.1) is 27.7 Å². The fourth-order valence-corrected chi connectivity index (χ4v) is 10.9. The highest BCUT2D eigenvalue weighted by atomic mass is 31.2.